The molecular weight excluding hydrogens is 292 g/mol. The minimum absolute atomic E-state index is 0.132. The largest absolute Gasteiger partial charge is 0.297 e. The van der Waals surface area contributed by atoms with Gasteiger partial charge in [-0.05, 0) is 36.7 Å². The Morgan fingerprint density at radius 2 is 2.30 bits per heavy atom. The number of nitrogens with one attached hydrogen (secondary N) is 1. The van der Waals surface area contributed by atoms with Crippen LogP contribution in [0.2, 0.25) is 0 Å². The number of carbonyl (C=O) groups is 1. The van der Waals surface area contributed by atoms with E-state index in [2.05, 4.69) is 33.7 Å². The second-order valence-electron chi connectivity index (χ2n) is 5.46. The fraction of sp³-hybridized carbons (Fsp3) is 0.538. The third-order valence-electron chi connectivity index (χ3n) is 3.07. The summed E-state index contributed by atoms with van der Waals surface area (Å²) in [4.78, 5) is 17.3. The summed E-state index contributed by atoms with van der Waals surface area (Å²) in [6.07, 6.45) is 3.16. The van der Waals surface area contributed by atoms with Gasteiger partial charge in [-0.15, -0.1) is 16.4 Å². The Balaban J connectivity index is 1.69. The molecule has 5 nitrogen and oxygen atoms in total. The topological polar surface area (TPSA) is 67.8 Å². The summed E-state index contributed by atoms with van der Waals surface area (Å²) in [7, 11) is 0. The molecule has 1 aliphatic carbocycles. The highest BCUT2D eigenvalue weighted by molar-refractivity contribution is 7.14. The van der Waals surface area contributed by atoms with Crippen LogP contribution < -0.4 is 5.32 Å². The molecule has 1 fully saturated rings. The van der Waals surface area contributed by atoms with Gasteiger partial charge in [-0.3, -0.25) is 10.1 Å². The lowest BCUT2D eigenvalue weighted by molar-refractivity contribution is 0.102. The van der Waals surface area contributed by atoms with E-state index in [0.717, 1.165) is 30.7 Å². The van der Waals surface area contributed by atoms with Crippen LogP contribution in [-0.2, 0) is 6.42 Å². The first-order valence-corrected chi connectivity index (χ1v) is 8.36. The normalized spacial score (nSPS) is 14.8. The predicted molar refractivity (Wildman–Crippen MR) is 80.5 cm³/mol. The summed E-state index contributed by atoms with van der Waals surface area (Å²) >= 11 is 2.63. The molecule has 3 rings (SSSR count). The monoisotopic (exact) mass is 308 g/mol. The minimum Gasteiger partial charge on any atom is -0.297 e. The standard InChI is InChI=1S/C13H16N4OS2/c1-7(2)5-9-6-19-13(14-9)15-12(18)11-10(8-3-4-8)16-17-20-11/h6-8H,3-5H2,1-2H3,(H,14,15,18). The van der Waals surface area contributed by atoms with Crippen molar-refractivity contribution in [1.82, 2.24) is 14.6 Å². The first-order chi connectivity index (χ1) is 9.63. The van der Waals surface area contributed by atoms with Gasteiger partial charge in [0.2, 0.25) is 0 Å². The van der Waals surface area contributed by atoms with Crippen molar-refractivity contribution in [3.63, 3.8) is 0 Å². The molecule has 0 aromatic carbocycles. The van der Waals surface area contributed by atoms with E-state index in [4.69, 9.17) is 0 Å². The number of hydrogen-bond acceptors (Lipinski definition) is 6. The van der Waals surface area contributed by atoms with Crippen LogP contribution in [0.4, 0.5) is 5.13 Å². The Hall–Kier alpha value is -1.34. The van der Waals surface area contributed by atoms with Gasteiger partial charge in [0.25, 0.3) is 5.91 Å². The van der Waals surface area contributed by atoms with Crippen molar-refractivity contribution in [1.29, 1.82) is 0 Å². The second kappa shape index (κ2) is 5.57. The summed E-state index contributed by atoms with van der Waals surface area (Å²) in [5.74, 6) is 0.863. The maximum absolute atomic E-state index is 12.2. The quantitative estimate of drug-likeness (QED) is 0.920. The van der Waals surface area contributed by atoms with E-state index in [-0.39, 0.29) is 5.91 Å². The average Bonchev–Trinajstić information content (AvgIpc) is 2.95. The molecule has 2 aromatic rings. The molecule has 0 radical (unpaired) electrons. The lowest BCUT2D eigenvalue weighted by atomic mass is 10.1. The SMILES string of the molecule is CC(C)Cc1csc(NC(=O)c2snnc2C2CC2)n1. The molecule has 0 bridgehead atoms. The number of amides is 1. The van der Waals surface area contributed by atoms with E-state index >= 15 is 0 Å². The van der Waals surface area contributed by atoms with Gasteiger partial charge in [-0.25, -0.2) is 4.98 Å². The van der Waals surface area contributed by atoms with E-state index in [1.54, 1.807) is 0 Å². The minimum atomic E-state index is -0.132. The molecule has 0 unspecified atom stereocenters. The van der Waals surface area contributed by atoms with Gasteiger partial charge in [-0.1, -0.05) is 18.3 Å². The zero-order chi connectivity index (χ0) is 14.1. The van der Waals surface area contributed by atoms with Crippen molar-refractivity contribution in [2.75, 3.05) is 5.32 Å². The summed E-state index contributed by atoms with van der Waals surface area (Å²) < 4.78 is 3.90. The Kier molecular flexibility index (Phi) is 3.80. The van der Waals surface area contributed by atoms with Gasteiger partial charge < -0.3 is 0 Å². The molecule has 7 heteroatoms. The van der Waals surface area contributed by atoms with Gasteiger partial charge >= 0.3 is 0 Å². The zero-order valence-corrected chi connectivity index (χ0v) is 13.1. The Morgan fingerprint density at radius 3 is 3.00 bits per heavy atom. The number of rotatable bonds is 5. The van der Waals surface area contributed by atoms with Crippen molar-refractivity contribution in [2.24, 2.45) is 5.92 Å². The van der Waals surface area contributed by atoms with Crippen LogP contribution in [0.1, 0.15) is 53.7 Å². The van der Waals surface area contributed by atoms with Crippen LogP contribution in [0.25, 0.3) is 0 Å². The molecule has 0 saturated heterocycles. The van der Waals surface area contributed by atoms with E-state index in [0.29, 0.717) is 21.8 Å². The third kappa shape index (κ3) is 3.04. The van der Waals surface area contributed by atoms with E-state index < -0.39 is 0 Å². The highest BCUT2D eigenvalue weighted by Gasteiger charge is 2.31. The number of carbonyl (C=O) groups excluding carboxylic acids is 1. The Morgan fingerprint density at radius 1 is 1.50 bits per heavy atom. The molecule has 1 aliphatic rings. The summed E-state index contributed by atoms with van der Waals surface area (Å²) in [6.45, 7) is 4.31. The fourth-order valence-electron chi connectivity index (χ4n) is 2.01. The number of hydrogen-bond donors (Lipinski definition) is 1. The van der Waals surface area contributed by atoms with E-state index in [1.807, 2.05) is 5.38 Å². The maximum atomic E-state index is 12.2. The van der Waals surface area contributed by atoms with Crippen molar-refractivity contribution in [2.45, 2.75) is 39.0 Å². The van der Waals surface area contributed by atoms with Crippen LogP contribution >= 0.6 is 22.9 Å². The molecule has 0 spiro atoms. The number of aromatic nitrogens is 3. The summed E-state index contributed by atoms with van der Waals surface area (Å²) in [5.41, 5.74) is 1.89. The van der Waals surface area contributed by atoms with Crippen LogP contribution in [0.5, 0.6) is 0 Å². The van der Waals surface area contributed by atoms with E-state index in [1.165, 1.54) is 22.9 Å². The van der Waals surface area contributed by atoms with Gasteiger partial charge in [0.15, 0.2) is 5.13 Å². The number of anilines is 1. The zero-order valence-electron chi connectivity index (χ0n) is 11.4. The Bertz CT molecular complexity index is 615. The number of nitrogens with zero attached hydrogens (tertiary/aromatic N) is 3. The fourth-order valence-corrected chi connectivity index (χ4v) is 3.37. The molecule has 0 aliphatic heterocycles. The van der Waals surface area contributed by atoms with Crippen LogP contribution in [0.3, 0.4) is 0 Å². The van der Waals surface area contributed by atoms with Gasteiger partial charge in [0, 0.05) is 11.3 Å². The van der Waals surface area contributed by atoms with Crippen LogP contribution in [0, 0.1) is 5.92 Å². The molecule has 0 atom stereocenters. The molecule has 1 N–H and O–H groups in total. The van der Waals surface area contributed by atoms with E-state index in [9.17, 15) is 4.79 Å². The highest BCUT2D eigenvalue weighted by Crippen LogP contribution is 2.41. The number of thiazole rings is 1. The predicted octanol–water partition coefficient (Wildman–Crippen LogP) is 3.32. The third-order valence-corrected chi connectivity index (χ3v) is 4.62. The average molecular weight is 308 g/mol. The molecule has 2 heterocycles. The first kappa shape index (κ1) is 13.6. The van der Waals surface area contributed by atoms with Crippen molar-refractivity contribution in [3.8, 4) is 0 Å². The molecule has 20 heavy (non-hydrogen) atoms. The second-order valence-corrected chi connectivity index (χ2v) is 7.07. The summed E-state index contributed by atoms with van der Waals surface area (Å²) in [6, 6.07) is 0. The van der Waals surface area contributed by atoms with Crippen LogP contribution in [-0.4, -0.2) is 20.5 Å². The van der Waals surface area contributed by atoms with Gasteiger partial charge in [0.1, 0.15) is 4.88 Å². The molecule has 1 amide bonds. The molecule has 2 aromatic heterocycles. The smallest absolute Gasteiger partial charge is 0.271 e. The first-order valence-electron chi connectivity index (χ1n) is 6.71. The Labute approximate surface area is 125 Å². The van der Waals surface area contributed by atoms with Crippen molar-refractivity contribution >= 4 is 33.9 Å². The van der Waals surface area contributed by atoms with Gasteiger partial charge in [-0.2, -0.15) is 0 Å². The van der Waals surface area contributed by atoms with Crippen LogP contribution in [0.15, 0.2) is 5.38 Å². The highest BCUT2D eigenvalue weighted by atomic mass is 32.1. The molecular formula is C13H16N4OS2. The van der Waals surface area contributed by atoms with Gasteiger partial charge in [0.05, 0.1) is 11.4 Å². The van der Waals surface area contributed by atoms with Crippen molar-refractivity contribution < 1.29 is 4.79 Å². The lowest BCUT2D eigenvalue weighted by Crippen LogP contribution is -2.12. The maximum Gasteiger partial charge on any atom is 0.271 e. The summed E-state index contributed by atoms with van der Waals surface area (Å²) in [5, 5.41) is 9.59. The molecule has 1 saturated carbocycles. The van der Waals surface area contributed by atoms with Crippen molar-refractivity contribution in [3.05, 3.63) is 21.6 Å². The lowest BCUT2D eigenvalue weighted by Gasteiger charge is -2.01. The molecule has 106 valence electrons.